The van der Waals surface area contributed by atoms with Crippen molar-refractivity contribution in [1.29, 1.82) is 0 Å². The molecule has 0 aliphatic rings. The Kier molecular flexibility index (Phi) is 2.88. The van der Waals surface area contributed by atoms with Crippen LogP contribution in [0.3, 0.4) is 0 Å². The molecule has 2 rings (SSSR count). The summed E-state index contributed by atoms with van der Waals surface area (Å²) >= 11 is 5.89. The molecule has 1 aromatic carbocycles. The summed E-state index contributed by atoms with van der Waals surface area (Å²) in [6.07, 6.45) is 1.79. The van der Waals surface area contributed by atoms with Crippen molar-refractivity contribution >= 4 is 23.7 Å². The molecule has 16 heavy (non-hydrogen) atoms. The Morgan fingerprint density at radius 3 is 2.69 bits per heavy atom. The molecular weight excluding hydrogens is 228 g/mol. The van der Waals surface area contributed by atoms with E-state index < -0.39 is 0 Å². The van der Waals surface area contributed by atoms with Gasteiger partial charge in [0.15, 0.2) is 17.8 Å². The van der Waals surface area contributed by atoms with E-state index in [9.17, 15) is 9.59 Å². The smallest absolute Gasteiger partial charge is 0.197 e. The van der Waals surface area contributed by atoms with E-state index in [4.69, 9.17) is 16.0 Å². The van der Waals surface area contributed by atoms with Gasteiger partial charge >= 0.3 is 0 Å². The third kappa shape index (κ3) is 1.90. The van der Waals surface area contributed by atoms with Crippen LogP contribution < -0.4 is 0 Å². The van der Waals surface area contributed by atoms with Crippen LogP contribution in [0, 0.1) is 0 Å². The van der Waals surface area contributed by atoms with Gasteiger partial charge in [-0.25, -0.2) is 0 Å². The quantitative estimate of drug-likeness (QED) is 0.606. The first-order valence-electron chi connectivity index (χ1n) is 4.55. The number of halogens is 1. The number of rotatable bonds is 3. The molecular formula is C12H7ClO3. The second-order valence-electron chi connectivity index (χ2n) is 3.16. The van der Waals surface area contributed by atoms with Gasteiger partial charge in [-0.05, 0) is 18.2 Å². The first-order chi connectivity index (χ1) is 7.72. The Labute approximate surface area is 96.6 Å². The molecule has 2 aromatic rings. The molecule has 0 saturated heterocycles. The Balaban J connectivity index is 2.39. The first-order valence-corrected chi connectivity index (χ1v) is 4.93. The Morgan fingerprint density at radius 2 is 2.06 bits per heavy atom. The lowest BCUT2D eigenvalue weighted by molar-refractivity contribution is 0.103. The van der Waals surface area contributed by atoms with Crippen LogP contribution in [0.1, 0.15) is 26.5 Å². The lowest BCUT2D eigenvalue weighted by atomic mass is 10.1. The summed E-state index contributed by atoms with van der Waals surface area (Å²) in [5.41, 5.74) is 0.706. The molecule has 0 spiro atoms. The minimum atomic E-state index is -0.262. The van der Waals surface area contributed by atoms with E-state index in [2.05, 4.69) is 0 Å². The molecule has 0 amide bonds. The van der Waals surface area contributed by atoms with Gasteiger partial charge < -0.3 is 4.42 Å². The van der Waals surface area contributed by atoms with Crippen molar-refractivity contribution in [3.05, 3.63) is 58.5 Å². The zero-order chi connectivity index (χ0) is 11.5. The normalized spacial score (nSPS) is 10.1. The Hall–Kier alpha value is -1.87. The van der Waals surface area contributed by atoms with Gasteiger partial charge in [0.25, 0.3) is 0 Å². The SMILES string of the molecule is O=Cc1cc(C(=O)c2ccccc2Cl)co1. The molecule has 0 unspecified atom stereocenters. The predicted octanol–water partition coefficient (Wildman–Crippen LogP) is 2.98. The van der Waals surface area contributed by atoms with Gasteiger partial charge in [0, 0.05) is 5.56 Å². The second-order valence-corrected chi connectivity index (χ2v) is 3.57. The van der Waals surface area contributed by atoms with Crippen LogP contribution in [0.2, 0.25) is 5.02 Å². The average Bonchev–Trinajstić information content (AvgIpc) is 2.77. The second kappa shape index (κ2) is 4.33. The minimum Gasteiger partial charge on any atom is -0.461 e. The van der Waals surface area contributed by atoms with Gasteiger partial charge in [0.2, 0.25) is 0 Å². The van der Waals surface area contributed by atoms with E-state index >= 15 is 0 Å². The predicted molar refractivity (Wildman–Crippen MR) is 59.0 cm³/mol. The van der Waals surface area contributed by atoms with Crippen molar-refractivity contribution in [2.45, 2.75) is 0 Å². The van der Waals surface area contributed by atoms with Crippen LogP contribution >= 0.6 is 11.6 Å². The van der Waals surface area contributed by atoms with Crippen LogP contribution in [0.4, 0.5) is 0 Å². The highest BCUT2D eigenvalue weighted by Crippen LogP contribution is 2.19. The zero-order valence-electron chi connectivity index (χ0n) is 8.14. The van der Waals surface area contributed by atoms with E-state index in [1.165, 1.54) is 12.3 Å². The molecule has 1 heterocycles. The summed E-state index contributed by atoms with van der Waals surface area (Å²) in [5.74, 6) is -0.141. The van der Waals surface area contributed by atoms with E-state index in [1.54, 1.807) is 24.3 Å². The van der Waals surface area contributed by atoms with Gasteiger partial charge in [0.05, 0.1) is 10.6 Å². The number of ketones is 1. The highest BCUT2D eigenvalue weighted by molar-refractivity contribution is 6.34. The molecule has 0 aliphatic carbocycles. The summed E-state index contributed by atoms with van der Waals surface area (Å²) in [7, 11) is 0. The number of hydrogen-bond donors (Lipinski definition) is 0. The molecule has 3 nitrogen and oxygen atoms in total. The maximum Gasteiger partial charge on any atom is 0.197 e. The average molecular weight is 235 g/mol. The van der Waals surface area contributed by atoms with Gasteiger partial charge in [-0.2, -0.15) is 0 Å². The Morgan fingerprint density at radius 1 is 1.31 bits per heavy atom. The summed E-state index contributed by atoms with van der Waals surface area (Å²) < 4.78 is 4.86. The fourth-order valence-electron chi connectivity index (χ4n) is 1.33. The third-order valence-corrected chi connectivity index (χ3v) is 2.45. The summed E-state index contributed by atoms with van der Waals surface area (Å²) in [5, 5.41) is 0.376. The van der Waals surface area contributed by atoms with Crippen molar-refractivity contribution in [3.63, 3.8) is 0 Å². The fraction of sp³-hybridized carbons (Fsp3) is 0. The topological polar surface area (TPSA) is 47.3 Å². The van der Waals surface area contributed by atoms with Crippen LogP contribution in [-0.4, -0.2) is 12.1 Å². The van der Waals surface area contributed by atoms with Crippen molar-refractivity contribution in [2.75, 3.05) is 0 Å². The van der Waals surface area contributed by atoms with Crippen LogP contribution in [0.25, 0.3) is 0 Å². The molecule has 0 fully saturated rings. The van der Waals surface area contributed by atoms with Crippen LogP contribution in [-0.2, 0) is 0 Å². The molecule has 0 aliphatic heterocycles. The molecule has 80 valence electrons. The number of benzene rings is 1. The molecule has 0 atom stereocenters. The standard InChI is InChI=1S/C12H7ClO3/c13-11-4-2-1-3-10(11)12(15)8-5-9(6-14)16-7-8/h1-7H. The molecule has 0 saturated carbocycles. The maximum absolute atomic E-state index is 11.9. The summed E-state index contributed by atoms with van der Waals surface area (Å²) in [6.45, 7) is 0. The van der Waals surface area contributed by atoms with E-state index in [-0.39, 0.29) is 11.5 Å². The molecule has 0 N–H and O–H groups in total. The van der Waals surface area contributed by atoms with Gasteiger partial charge in [-0.1, -0.05) is 23.7 Å². The summed E-state index contributed by atoms with van der Waals surface area (Å²) in [4.78, 5) is 22.4. The fourth-order valence-corrected chi connectivity index (χ4v) is 1.56. The highest BCUT2D eigenvalue weighted by atomic mass is 35.5. The zero-order valence-corrected chi connectivity index (χ0v) is 8.90. The van der Waals surface area contributed by atoms with Crippen LogP contribution in [0.15, 0.2) is 41.0 Å². The monoisotopic (exact) mass is 234 g/mol. The van der Waals surface area contributed by atoms with Crippen molar-refractivity contribution in [2.24, 2.45) is 0 Å². The van der Waals surface area contributed by atoms with E-state index in [1.807, 2.05) is 0 Å². The van der Waals surface area contributed by atoms with Gasteiger partial charge in [-0.15, -0.1) is 0 Å². The molecule has 0 bridgehead atoms. The molecule has 0 radical (unpaired) electrons. The number of aldehydes is 1. The van der Waals surface area contributed by atoms with E-state index in [0.717, 1.165) is 0 Å². The van der Waals surface area contributed by atoms with Gasteiger partial charge in [-0.3, -0.25) is 9.59 Å². The summed E-state index contributed by atoms with van der Waals surface area (Å²) in [6, 6.07) is 8.11. The minimum absolute atomic E-state index is 0.121. The lowest BCUT2D eigenvalue weighted by Crippen LogP contribution is -2.00. The van der Waals surface area contributed by atoms with Crippen LogP contribution in [0.5, 0.6) is 0 Å². The third-order valence-electron chi connectivity index (χ3n) is 2.12. The lowest BCUT2D eigenvalue weighted by Gasteiger charge is -1.99. The van der Waals surface area contributed by atoms with Crippen molar-refractivity contribution < 1.29 is 14.0 Å². The van der Waals surface area contributed by atoms with E-state index in [0.29, 0.717) is 22.4 Å². The number of carbonyl (C=O) groups is 2. The number of hydrogen-bond acceptors (Lipinski definition) is 3. The highest BCUT2D eigenvalue weighted by Gasteiger charge is 2.14. The van der Waals surface area contributed by atoms with Crippen molar-refractivity contribution in [1.82, 2.24) is 0 Å². The number of carbonyl (C=O) groups excluding carboxylic acids is 2. The first kappa shape index (κ1) is 10.6. The van der Waals surface area contributed by atoms with Gasteiger partial charge in [0.1, 0.15) is 6.26 Å². The Bertz CT molecular complexity index is 543. The van der Waals surface area contributed by atoms with Crippen molar-refractivity contribution in [3.8, 4) is 0 Å². The molecule has 1 aromatic heterocycles. The number of furan rings is 1. The maximum atomic E-state index is 11.9. The molecule has 4 heteroatoms. The largest absolute Gasteiger partial charge is 0.461 e.